The first kappa shape index (κ1) is 22.1. The molecule has 0 amide bonds. The van der Waals surface area contributed by atoms with Crippen molar-refractivity contribution in [3.05, 3.63) is 91.0 Å². The van der Waals surface area contributed by atoms with E-state index in [1.807, 2.05) is 63.2 Å². The van der Waals surface area contributed by atoms with Crippen LogP contribution >= 0.6 is 0 Å². The molecule has 3 aromatic rings. The highest BCUT2D eigenvalue weighted by atomic mass is 28.4. The molecule has 0 N–H and O–H groups in total. The Labute approximate surface area is 170 Å². The van der Waals surface area contributed by atoms with Crippen LogP contribution in [0.1, 0.15) is 20.8 Å². The van der Waals surface area contributed by atoms with Crippen molar-refractivity contribution in [2.45, 2.75) is 20.8 Å². The Hall–Kier alpha value is -2.24. The molecule has 0 heterocycles. The van der Waals surface area contributed by atoms with Crippen molar-refractivity contribution in [3.63, 3.8) is 0 Å². The van der Waals surface area contributed by atoms with E-state index in [4.69, 9.17) is 13.3 Å². The van der Waals surface area contributed by atoms with Crippen LogP contribution in [-0.2, 0) is 13.3 Å². The topological polar surface area (TPSA) is 27.7 Å². The second-order valence-corrected chi connectivity index (χ2v) is 8.51. The summed E-state index contributed by atoms with van der Waals surface area (Å²) in [5.74, 6) is 0. The molecule has 0 aliphatic heterocycles. The van der Waals surface area contributed by atoms with E-state index < -0.39 is 8.80 Å². The molecular formula is C24H30O3Si. The smallest absolute Gasteiger partial charge is 0.370 e. The van der Waals surface area contributed by atoms with Crippen LogP contribution in [0.5, 0.6) is 0 Å². The van der Waals surface area contributed by atoms with Gasteiger partial charge in [0.25, 0.3) is 0 Å². The molecule has 0 fully saturated rings. The van der Waals surface area contributed by atoms with Gasteiger partial charge in [-0.2, -0.15) is 0 Å². The van der Waals surface area contributed by atoms with Gasteiger partial charge in [-0.05, 0) is 31.9 Å². The fraction of sp³-hybridized carbons (Fsp3) is 0.250. The number of rotatable bonds is 8. The van der Waals surface area contributed by atoms with E-state index in [1.165, 1.54) is 11.1 Å². The second-order valence-electron chi connectivity index (χ2n) is 5.95. The van der Waals surface area contributed by atoms with Crippen LogP contribution in [0.3, 0.4) is 0 Å². The lowest BCUT2D eigenvalue weighted by Crippen LogP contribution is -2.56. The number of benzene rings is 3. The molecule has 0 atom stereocenters. The maximum Gasteiger partial charge on any atom is 0.537 e. The Bertz CT molecular complexity index is 709. The van der Waals surface area contributed by atoms with Crippen LogP contribution in [0.4, 0.5) is 0 Å². The summed E-state index contributed by atoms with van der Waals surface area (Å²) < 4.78 is 17.4. The molecule has 0 bridgehead atoms. The average molecular weight is 395 g/mol. The summed E-state index contributed by atoms with van der Waals surface area (Å²) in [7, 11) is -2.67. The van der Waals surface area contributed by atoms with E-state index in [2.05, 4.69) is 48.5 Å². The summed E-state index contributed by atoms with van der Waals surface area (Å²) in [6.45, 7) is 7.68. The standard InChI is InChI=1S/C12H20O3Si.C12H10/c1-4-13-16(14-5-2,15-6-3)12-10-8-7-9-11-12;1-3-7-11(8-4-1)12-9-5-2-6-10-12/h7-11H,4-6H2,1-3H3;1-10H. The van der Waals surface area contributed by atoms with E-state index in [1.54, 1.807) is 0 Å². The van der Waals surface area contributed by atoms with Crippen molar-refractivity contribution in [1.29, 1.82) is 0 Å². The minimum absolute atomic E-state index is 0.598. The third-order valence-corrected chi connectivity index (χ3v) is 7.06. The quantitative estimate of drug-likeness (QED) is 0.486. The maximum atomic E-state index is 5.79. The lowest BCUT2D eigenvalue weighted by molar-refractivity contribution is 0.0859. The minimum atomic E-state index is -2.67. The number of hydrogen-bond donors (Lipinski definition) is 0. The Morgan fingerprint density at radius 3 is 1.14 bits per heavy atom. The Kier molecular flexibility index (Phi) is 9.66. The molecule has 0 saturated heterocycles. The molecule has 0 aliphatic rings. The van der Waals surface area contributed by atoms with E-state index in [9.17, 15) is 0 Å². The maximum absolute atomic E-state index is 5.79. The molecule has 0 saturated carbocycles. The predicted molar refractivity (Wildman–Crippen MR) is 119 cm³/mol. The fourth-order valence-electron chi connectivity index (χ4n) is 2.85. The first-order chi connectivity index (χ1) is 13.8. The molecular weight excluding hydrogens is 364 g/mol. The largest absolute Gasteiger partial charge is 0.537 e. The van der Waals surface area contributed by atoms with Crippen molar-refractivity contribution < 1.29 is 13.3 Å². The third-order valence-electron chi connectivity index (χ3n) is 4.01. The summed E-state index contributed by atoms with van der Waals surface area (Å²) in [4.78, 5) is 0. The van der Waals surface area contributed by atoms with Crippen LogP contribution in [-0.4, -0.2) is 28.6 Å². The van der Waals surface area contributed by atoms with Gasteiger partial charge in [0.1, 0.15) is 0 Å². The molecule has 4 heteroatoms. The third kappa shape index (κ3) is 6.43. The predicted octanol–water partition coefficient (Wildman–Crippen LogP) is 5.30. The zero-order chi connectivity index (χ0) is 20.1. The molecule has 3 nitrogen and oxygen atoms in total. The van der Waals surface area contributed by atoms with Crippen LogP contribution in [0.2, 0.25) is 0 Å². The highest BCUT2D eigenvalue weighted by molar-refractivity contribution is 6.75. The molecule has 28 heavy (non-hydrogen) atoms. The summed E-state index contributed by atoms with van der Waals surface area (Å²) in [6, 6.07) is 30.7. The summed E-state index contributed by atoms with van der Waals surface area (Å²) in [6.07, 6.45) is 0. The van der Waals surface area contributed by atoms with Crippen LogP contribution in [0.15, 0.2) is 91.0 Å². The number of hydrogen-bond acceptors (Lipinski definition) is 3. The van der Waals surface area contributed by atoms with E-state index in [0.717, 1.165) is 5.19 Å². The Morgan fingerprint density at radius 1 is 0.500 bits per heavy atom. The van der Waals surface area contributed by atoms with Crippen molar-refractivity contribution in [2.24, 2.45) is 0 Å². The van der Waals surface area contributed by atoms with Gasteiger partial charge in [0.15, 0.2) is 0 Å². The molecule has 0 unspecified atom stereocenters. The average Bonchev–Trinajstić information content (AvgIpc) is 2.77. The SMILES string of the molecule is CCO[Si](OCC)(OCC)c1ccccc1.c1ccc(-c2ccccc2)cc1. The van der Waals surface area contributed by atoms with Gasteiger partial charge in [0.2, 0.25) is 0 Å². The van der Waals surface area contributed by atoms with E-state index >= 15 is 0 Å². The molecule has 0 radical (unpaired) electrons. The Morgan fingerprint density at radius 2 is 0.821 bits per heavy atom. The van der Waals surface area contributed by atoms with Crippen molar-refractivity contribution in [2.75, 3.05) is 19.8 Å². The van der Waals surface area contributed by atoms with Gasteiger partial charge in [-0.3, -0.25) is 0 Å². The van der Waals surface area contributed by atoms with Gasteiger partial charge in [-0.15, -0.1) is 0 Å². The van der Waals surface area contributed by atoms with Gasteiger partial charge in [0.05, 0.1) is 0 Å². The van der Waals surface area contributed by atoms with Gasteiger partial charge < -0.3 is 13.3 Å². The summed E-state index contributed by atoms with van der Waals surface area (Å²) >= 11 is 0. The van der Waals surface area contributed by atoms with Crippen LogP contribution in [0.25, 0.3) is 11.1 Å². The Balaban J connectivity index is 0.000000207. The van der Waals surface area contributed by atoms with Crippen molar-refractivity contribution in [3.8, 4) is 11.1 Å². The highest BCUT2D eigenvalue weighted by Gasteiger charge is 2.42. The van der Waals surface area contributed by atoms with Gasteiger partial charge in [-0.25, -0.2) is 0 Å². The highest BCUT2D eigenvalue weighted by Crippen LogP contribution is 2.17. The lowest BCUT2D eigenvalue weighted by Gasteiger charge is -2.28. The summed E-state index contributed by atoms with van der Waals surface area (Å²) in [5.41, 5.74) is 2.55. The molecule has 0 aliphatic carbocycles. The first-order valence-corrected chi connectivity index (χ1v) is 11.6. The molecule has 148 valence electrons. The van der Waals surface area contributed by atoms with Crippen molar-refractivity contribution >= 4 is 14.0 Å². The molecule has 0 aromatic heterocycles. The monoisotopic (exact) mass is 394 g/mol. The zero-order valence-corrected chi connectivity index (χ0v) is 18.0. The molecule has 3 rings (SSSR count). The second kappa shape index (κ2) is 12.3. The molecule has 0 spiro atoms. The normalized spacial score (nSPS) is 10.8. The van der Waals surface area contributed by atoms with Gasteiger partial charge >= 0.3 is 8.80 Å². The lowest BCUT2D eigenvalue weighted by atomic mass is 10.1. The van der Waals surface area contributed by atoms with E-state index in [0.29, 0.717) is 19.8 Å². The first-order valence-electron chi connectivity index (χ1n) is 9.83. The fourth-order valence-corrected chi connectivity index (χ4v) is 5.34. The molecule has 3 aromatic carbocycles. The van der Waals surface area contributed by atoms with Gasteiger partial charge in [0, 0.05) is 25.0 Å². The van der Waals surface area contributed by atoms with Crippen LogP contribution in [0, 0.1) is 0 Å². The van der Waals surface area contributed by atoms with Crippen molar-refractivity contribution in [1.82, 2.24) is 0 Å². The summed E-state index contributed by atoms with van der Waals surface area (Å²) in [5, 5.41) is 1.03. The minimum Gasteiger partial charge on any atom is -0.370 e. The zero-order valence-electron chi connectivity index (χ0n) is 17.0. The van der Waals surface area contributed by atoms with Gasteiger partial charge in [-0.1, -0.05) is 91.0 Å². The van der Waals surface area contributed by atoms with E-state index in [-0.39, 0.29) is 0 Å². The van der Waals surface area contributed by atoms with Crippen LogP contribution < -0.4 is 5.19 Å².